The molecule has 112 valence electrons. The molecule has 0 saturated heterocycles. The van der Waals surface area contributed by atoms with E-state index in [1.807, 2.05) is 0 Å². The molecule has 8 heteroatoms. The Morgan fingerprint density at radius 2 is 2.00 bits per heavy atom. The summed E-state index contributed by atoms with van der Waals surface area (Å²) in [6.07, 6.45) is -4.43. The summed E-state index contributed by atoms with van der Waals surface area (Å²) in [7, 11) is 0. The number of halogens is 4. The van der Waals surface area contributed by atoms with Crippen molar-refractivity contribution in [1.29, 1.82) is 0 Å². The third kappa shape index (κ3) is 3.98. The van der Waals surface area contributed by atoms with Crippen LogP contribution in [-0.2, 0) is 12.7 Å². The van der Waals surface area contributed by atoms with Gasteiger partial charge in [-0.15, -0.1) is 11.3 Å². The van der Waals surface area contributed by atoms with Gasteiger partial charge in [-0.1, -0.05) is 15.9 Å². The van der Waals surface area contributed by atoms with E-state index in [-0.39, 0.29) is 15.9 Å². The molecule has 0 atom stereocenters. The third-order valence-electron chi connectivity index (χ3n) is 2.61. The Kier molecular flexibility index (Phi) is 4.58. The van der Waals surface area contributed by atoms with Gasteiger partial charge in [-0.25, -0.2) is 4.79 Å². The van der Waals surface area contributed by atoms with Crippen LogP contribution in [0.15, 0.2) is 34.8 Å². The van der Waals surface area contributed by atoms with E-state index in [1.54, 1.807) is 6.07 Å². The second-order valence-electron chi connectivity index (χ2n) is 4.12. The van der Waals surface area contributed by atoms with Crippen molar-refractivity contribution in [2.45, 2.75) is 12.7 Å². The molecule has 3 nitrogen and oxygen atoms in total. The summed E-state index contributed by atoms with van der Waals surface area (Å²) in [6, 6.07) is 6.94. The highest BCUT2D eigenvalue weighted by Gasteiger charge is 2.33. The fourth-order valence-corrected chi connectivity index (χ4v) is 2.89. The van der Waals surface area contributed by atoms with Gasteiger partial charge in [0.2, 0.25) is 0 Å². The maximum absolute atomic E-state index is 12.8. The van der Waals surface area contributed by atoms with E-state index in [1.165, 1.54) is 18.2 Å². The van der Waals surface area contributed by atoms with Crippen molar-refractivity contribution >= 4 is 38.9 Å². The summed E-state index contributed by atoms with van der Waals surface area (Å²) >= 11 is 3.95. The molecule has 0 aliphatic rings. The van der Waals surface area contributed by atoms with Crippen molar-refractivity contribution in [3.05, 3.63) is 50.1 Å². The lowest BCUT2D eigenvalue weighted by atomic mass is 10.2. The topological polar surface area (TPSA) is 49.3 Å². The largest absolute Gasteiger partial charge is 0.477 e. The number of thiophene rings is 1. The normalized spacial score (nSPS) is 11.4. The fourth-order valence-electron chi connectivity index (χ4n) is 1.63. The Hall–Kier alpha value is -1.54. The van der Waals surface area contributed by atoms with Crippen LogP contribution in [0.1, 0.15) is 20.1 Å². The summed E-state index contributed by atoms with van der Waals surface area (Å²) in [4.78, 5) is 11.7. The molecule has 2 aromatic rings. The zero-order valence-electron chi connectivity index (χ0n) is 10.4. The van der Waals surface area contributed by atoms with Crippen LogP contribution < -0.4 is 5.32 Å². The number of carboxylic acids is 1. The number of carbonyl (C=O) groups is 1. The Labute approximate surface area is 130 Å². The second-order valence-corrected chi connectivity index (χ2v) is 6.14. The molecule has 0 aliphatic carbocycles. The quantitative estimate of drug-likeness (QED) is 0.798. The summed E-state index contributed by atoms with van der Waals surface area (Å²) in [6.45, 7) is 0.261. The molecule has 0 saturated carbocycles. The zero-order chi connectivity index (χ0) is 15.6. The molecule has 2 N–H and O–H groups in total. The smallest absolute Gasteiger partial charge is 0.417 e. The molecule has 0 aliphatic heterocycles. The number of alkyl halides is 3. The standard InChI is InChI=1S/C13H9BrF3NO2S/c14-10-3-1-7(5-9(10)13(15,16)17)18-6-8-2-4-11(21-8)12(19)20/h1-5,18H,6H2,(H,19,20). The van der Waals surface area contributed by atoms with Crippen molar-refractivity contribution < 1.29 is 23.1 Å². The summed E-state index contributed by atoms with van der Waals surface area (Å²) < 4.78 is 38.3. The lowest BCUT2D eigenvalue weighted by Gasteiger charge is -2.12. The molecular formula is C13H9BrF3NO2S. The molecule has 0 radical (unpaired) electrons. The predicted molar refractivity (Wildman–Crippen MR) is 77.7 cm³/mol. The van der Waals surface area contributed by atoms with Crippen molar-refractivity contribution in [2.24, 2.45) is 0 Å². The SMILES string of the molecule is O=C(O)c1ccc(CNc2ccc(Br)c(C(F)(F)F)c2)s1. The number of hydrogen-bond donors (Lipinski definition) is 2. The van der Waals surface area contributed by atoms with Gasteiger partial charge in [0.25, 0.3) is 0 Å². The third-order valence-corrected chi connectivity index (χ3v) is 4.38. The van der Waals surface area contributed by atoms with E-state index < -0.39 is 17.7 Å². The first-order valence-electron chi connectivity index (χ1n) is 5.70. The number of hydrogen-bond acceptors (Lipinski definition) is 3. The molecular weight excluding hydrogens is 371 g/mol. The highest BCUT2D eigenvalue weighted by Crippen LogP contribution is 2.36. The minimum absolute atomic E-state index is 0.0233. The van der Waals surface area contributed by atoms with Gasteiger partial charge in [-0.2, -0.15) is 13.2 Å². The minimum atomic E-state index is -4.43. The lowest BCUT2D eigenvalue weighted by molar-refractivity contribution is -0.138. The molecule has 2 rings (SSSR count). The Bertz CT molecular complexity index is 670. The number of carboxylic acid groups (broad SMARTS) is 1. The number of nitrogens with one attached hydrogen (secondary N) is 1. The molecule has 1 aromatic carbocycles. The van der Waals surface area contributed by atoms with Crippen molar-refractivity contribution in [1.82, 2.24) is 0 Å². The van der Waals surface area contributed by atoms with Gasteiger partial charge in [0.15, 0.2) is 0 Å². The van der Waals surface area contributed by atoms with E-state index in [2.05, 4.69) is 21.2 Å². The van der Waals surface area contributed by atoms with Gasteiger partial charge in [0.05, 0.1) is 5.56 Å². The molecule has 1 heterocycles. The van der Waals surface area contributed by atoms with E-state index in [0.717, 1.165) is 22.3 Å². The summed E-state index contributed by atoms with van der Waals surface area (Å²) in [5.74, 6) is -1.02. The van der Waals surface area contributed by atoms with Gasteiger partial charge < -0.3 is 10.4 Å². The Morgan fingerprint density at radius 1 is 1.29 bits per heavy atom. The van der Waals surface area contributed by atoms with Crippen LogP contribution in [0.3, 0.4) is 0 Å². The van der Waals surface area contributed by atoms with Crippen LogP contribution >= 0.6 is 27.3 Å². The van der Waals surface area contributed by atoms with Gasteiger partial charge in [-0.05, 0) is 30.3 Å². The number of benzene rings is 1. The van der Waals surface area contributed by atoms with Crippen molar-refractivity contribution in [3.8, 4) is 0 Å². The number of aromatic carboxylic acids is 1. The first-order valence-corrected chi connectivity index (χ1v) is 7.31. The first kappa shape index (κ1) is 15.8. The highest BCUT2D eigenvalue weighted by molar-refractivity contribution is 9.10. The fraction of sp³-hybridized carbons (Fsp3) is 0.154. The highest BCUT2D eigenvalue weighted by atomic mass is 79.9. The van der Waals surface area contributed by atoms with E-state index >= 15 is 0 Å². The Balaban J connectivity index is 2.11. The molecule has 0 unspecified atom stereocenters. The molecule has 0 fully saturated rings. The van der Waals surface area contributed by atoms with Crippen LogP contribution in [0.25, 0.3) is 0 Å². The molecule has 0 amide bonds. The van der Waals surface area contributed by atoms with Crippen LogP contribution in [-0.4, -0.2) is 11.1 Å². The minimum Gasteiger partial charge on any atom is -0.477 e. The average molecular weight is 380 g/mol. The van der Waals surface area contributed by atoms with E-state index in [9.17, 15) is 18.0 Å². The van der Waals surface area contributed by atoms with Crippen molar-refractivity contribution in [3.63, 3.8) is 0 Å². The summed E-state index contributed by atoms with van der Waals surface area (Å²) in [5.41, 5.74) is -0.444. The number of rotatable bonds is 4. The Morgan fingerprint density at radius 3 is 2.57 bits per heavy atom. The van der Waals surface area contributed by atoms with Crippen LogP contribution in [0.4, 0.5) is 18.9 Å². The van der Waals surface area contributed by atoms with Crippen LogP contribution in [0, 0.1) is 0 Å². The molecule has 1 aromatic heterocycles. The number of anilines is 1. The van der Waals surface area contributed by atoms with Crippen LogP contribution in [0.2, 0.25) is 0 Å². The maximum Gasteiger partial charge on any atom is 0.417 e. The first-order chi connectivity index (χ1) is 9.77. The summed E-state index contributed by atoms with van der Waals surface area (Å²) in [5, 5.41) is 11.6. The van der Waals surface area contributed by atoms with E-state index in [0.29, 0.717) is 5.69 Å². The molecule has 0 bridgehead atoms. The van der Waals surface area contributed by atoms with Crippen molar-refractivity contribution in [2.75, 3.05) is 5.32 Å². The van der Waals surface area contributed by atoms with Gasteiger partial charge in [0.1, 0.15) is 4.88 Å². The lowest BCUT2D eigenvalue weighted by Crippen LogP contribution is -2.07. The predicted octanol–water partition coefficient (Wildman–Crippen LogP) is 4.84. The maximum atomic E-state index is 12.8. The van der Waals surface area contributed by atoms with Gasteiger partial charge in [-0.3, -0.25) is 0 Å². The van der Waals surface area contributed by atoms with E-state index in [4.69, 9.17) is 5.11 Å². The van der Waals surface area contributed by atoms with Gasteiger partial charge in [0, 0.05) is 21.6 Å². The zero-order valence-corrected chi connectivity index (χ0v) is 12.8. The second kappa shape index (κ2) is 6.07. The molecule has 0 spiro atoms. The molecule has 21 heavy (non-hydrogen) atoms. The average Bonchev–Trinajstić information content (AvgIpc) is 2.85. The van der Waals surface area contributed by atoms with Crippen LogP contribution in [0.5, 0.6) is 0 Å². The van der Waals surface area contributed by atoms with Gasteiger partial charge >= 0.3 is 12.1 Å². The monoisotopic (exact) mass is 379 g/mol.